The molecule has 0 bridgehead atoms. The Balaban J connectivity index is 1.75. The van der Waals surface area contributed by atoms with Crippen molar-refractivity contribution in [2.45, 2.75) is 6.92 Å². The number of allylic oxidation sites excluding steroid dienone is 3. The van der Waals surface area contributed by atoms with Crippen LogP contribution in [0.2, 0.25) is 0 Å². The van der Waals surface area contributed by atoms with Gasteiger partial charge in [-0.3, -0.25) is 4.79 Å². The van der Waals surface area contributed by atoms with Gasteiger partial charge in [0.25, 0.3) is 5.91 Å². The maximum atomic E-state index is 13.0. The van der Waals surface area contributed by atoms with Crippen molar-refractivity contribution in [1.82, 2.24) is 4.90 Å². The first-order valence-electron chi connectivity index (χ1n) is 12.4. The van der Waals surface area contributed by atoms with Crippen molar-refractivity contribution < 1.29 is 33.3 Å². The summed E-state index contributed by atoms with van der Waals surface area (Å²) in [5.41, 5.74) is 1.39. The van der Waals surface area contributed by atoms with Crippen molar-refractivity contribution in [2.24, 2.45) is 0 Å². The molecule has 0 aromatic heterocycles. The summed E-state index contributed by atoms with van der Waals surface area (Å²) >= 11 is 0. The van der Waals surface area contributed by atoms with Crippen LogP contribution in [0.1, 0.15) is 27.6 Å². The minimum atomic E-state index is -0.414. The predicted molar refractivity (Wildman–Crippen MR) is 145 cm³/mol. The molecule has 0 atom stereocenters. The van der Waals surface area contributed by atoms with E-state index < -0.39 is 11.9 Å². The number of ether oxygens (including phenoxy) is 4. The van der Waals surface area contributed by atoms with Crippen LogP contribution in [-0.2, 0) is 23.7 Å². The van der Waals surface area contributed by atoms with Crippen molar-refractivity contribution in [3.8, 4) is 0 Å². The number of amides is 1. The SMILES string of the molecule is C=C/C(=C\C=C/C)C(=O)N(CCOCCOC(=O)c1ccccc1)CCOCCOC(=O)c1ccccc1. The molecular formula is C30H35NO7. The van der Waals surface area contributed by atoms with Gasteiger partial charge in [-0.2, -0.15) is 0 Å². The van der Waals surface area contributed by atoms with Crippen molar-refractivity contribution in [3.05, 3.63) is 108 Å². The van der Waals surface area contributed by atoms with Gasteiger partial charge in [0.15, 0.2) is 0 Å². The van der Waals surface area contributed by atoms with Gasteiger partial charge in [0, 0.05) is 18.7 Å². The molecule has 2 rings (SSSR count). The largest absolute Gasteiger partial charge is 0.460 e. The molecule has 1 amide bonds. The van der Waals surface area contributed by atoms with Crippen LogP contribution in [0.25, 0.3) is 0 Å². The topological polar surface area (TPSA) is 91.4 Å². The number of esters is 2. The highest BCUT2D eigenvalue weighted by Crippen LogP contribution is 2.06. The second-order valence-corrected chi connectivity index (χ2v) is 7.87. The summed E-state index contributed by atoms with van der Waals surface area (Å²) in [5, 5.41) is 0. The first-order valence-corrected chi connectivity index (χ1v) is 12.4. The third-order valence-corrected chi connectivity index (χ3v) is 5.17. The van der Waals surface area contributed by atoms with Crippen LogP contribution in [-0.4, -0.2) is 75.5 Å². The van der Waals surface area contributed by atoms with E-state index in [9.17, 15) is 14.4 Å². The van der Waals surface area contributed by atoms with E-state index >= 15 is 0 Å². The van der Waals surface area contributed by atoms with Crippen molar-refractivity contribution in [1.29, 1.82) is 0 Å². The van der Waals surface area contributed by atoms with E-state index in [1.165, 1.54) is 6.08 Å². The van der Waals surface area contributed by atoms with Gasteiger partial charge in [-0.25, -0.2) is 9.59 Å². The van der Waals surface area contributed by atoms with Crippen LogP contribution in [0, 0.1) is 0 Å². The third kappa shape index (κ3) is 11.4. The zero-order valence-corrected chi connectivity index (χ0v) is 21.8. The first kappa shape index (κ1) is 30.2. The van der Waals surface area contributed by atoms with Crippen molar-refractivity contribution >= 4 is 17.8 Å². The Labute approximate surface area is 224 Å². The lowest BCUT2D eigenvalue weighted by atomic mass is 10.2. The van der Waals surface area contributed by atoms with Gasteiger partial charge in [-0.05, 0) is 37.3 Å². The summed E-state index contributed by atoms with van der Waals surface area (Å²) in [6.45, 7) is 7.30. The smallest absolute Gasteiger partial charge is 0.338 e. The quantitative estimate of drug-likeness (QED) is 0.133. The van der Waals surface area contributed by atoms with E-state index in [1.807, 2.05) is 25.1 Å². The average molecular weight is 522 g/mol. The molecule has 0 fully saturated rings. The highest BCUT2D eigenvalue weighted by molar-refractivity contribution is 5.96. The molecule has 0 unspecified atom stereocenters. The predicted octanol–water partition coefficient (Wildman–Crippen LogP) is 4.25. The number of hydrogen-bond donors (Lipinski definition) is 0. The van der Waals surface area contributed by atoms with Gasteiger partial charge in [0.1, 0.15) is 13.2 Å². The van der Waals surface area contributed by atoms with Gasteiger partial charge in [-0.15, -0.1) is 0 Å². The van der Waals surface area contributed by atoms with Crippen LogP contribution in [0.3, 0.4) is 0 Å². The zero-order valence-electron chi connectivity index (χ0n) is 21.8. The Morgan fingerprint density at radius 3 is 1.63 bits per heavy atom. The summed E-state index contributed by atoms with van der Waals surface area (Å²) in [5.74, 6) is -1.04. The van der Waals surface area contributed by atoms with Gasteiger partial charge >= 0.3 is 11.9 Å². The molecule has 2 aromatic rings. The maximum Gasteiger partial charge on any atom is 0.338 e. The highest BCUT2D eigenvalue weighted by atomic mass is 16.6. The van der Waals surface area contributed by atoms with E-state index in [0.717, 1.165) is 0 Å². The second kappa shape index (κ2) is 18.3. The summed E-state index contributed by atoms with van der Waals surface area (Å²) < 4.78 is 21.6. The van der Waals surface area contributed by atoms with Crippen molar-refractivity contribution in [3.63, 3.8) is 0 Å². The number of benzene rings is 2. The van der Waals surface area contributed by atoms with Gasteiger partial charge < -0.3 is 23.8 Å². The molecule has 202 valence electrons. The lowest BCUT2D eigenvalue weighted by Crippen LogP contribution is -2.37. The summed E-state index contributed by atoms with van der Waals surface area (Å²) in [6, 6.07) is 17.4. The molecule has 0 aliphatic carbocycles. The number of rotatable bonds is 17. The Bertz CT molecular complexity index is 1000. The Kier molecular flexibility index (Phi) is 14.5. The fourth-order valence-electron chi connectivity index (χ4n) is 3.18. The Morgan fingerprint density at radius 1 is 0.737 bits per heavy atom. The Morgan fingerprint density at radius 2 is 1.21 bits per heavy atom. The summed E-state index contributed by atoms with van der Waals surface area (Å²) in [4.78, 5) is 38.6. The number of carbonyl (C=O) groups is 3. The standard InChI is InChI=1S/C30H35NO7/c1-3-5-12-25(4-2)28(32)31(17-19-35-21-23-37-29(33)26-13-8-6-9-14-26)18-20-36-22-24-38-30(34)27-15-10-7-11-16-27/h3-16H,2,17-24H2,1H3/b5-3-,25-12+. The van der Waals surface area contributed by atoms with Crippen LogP contribution in [0.4, 0.5) is 0 Å². The summed E-state index contributed by atoms with van der Waals surface area (Å²) in [6.07, 6.45) is 6.78. The lowest BCUT2D eigenvalue weighted by molar-refractivity contribution is -0.128. The summed E-state index contributed by atoms with van der Waals surface area (Å²) in [7, 11) is 0. The maximum absolute atomic E-state index is 13.0. The van der Waals surface area contributed by atoms with Crippen molar-refractivity contribution in [2.75, 3.05) is 52.7 Å². The second-order valence-electron chi connectivity index (χ2n) is 7.87. The van der Waals surface area contributed by atoms with E-state index in [-0.39, 0.29) is 45.5 Å². The first-order chi connectivity index (χ1) is 18.6. The van der Waals surface area contributed by atoms with Crippen LogP contribution < -0.4 is 0 Å². The molecule has 8 nitrogen and oxygen atoms in total. The lowest BCUT2D eigenvalue weighted by Gasteiger charge is -2.23. The molecule has 0 saturated heterocycles. The molecule has 0 heterocycles. The molecule has 0 N–H and O–H groups in total. The van der Waals surface area contributed by atoms with E-state index in [2.05, 4.69) is 6.58 Å². The molecular weight excluding hydrogens is 486 g/mol. The third-order valence-electron chi connectivity index (χ3n) is 5.17. The van der Waals surface area contributed by atoms with Crippen LogP contribution in [0.15, 0.2) is 97.1 Å². The normalized spacial score (nSPS) is 11.2. The van der Waals surface area contributed by atoms with Gasteiger partial charge in [0.2, 0.25) is 0 Å². The molecule has 0 saturated carbocycles. The van der Waals surface area contributed by atoms with Gasteiger partial charge in [-0.1, -0.05) is 61.2 Å². The molecule has 0 spiro atoms. The van der Waals surface area contributed by atoms with E-state index in [0.29, 0.717) is 29.8 Å². The molecule has 8 heteroatoms. The average Bonchev–Trinajstić information content (AvgIpc) is 2.96. The van der Waals surface area contributed by atoms with Crippen LogP contribution >= 0.6 is 0 Å². The number of carbonyl (C=O) groups excluding carboxylic acids is 3. The van der Waals surface area contributed by atoms with Crippen LogP contribution in [0.5, 0.6) is 0 Å². The fraction of sp³-hybridized carbons (Fsp3) is 0.300. The number of nitrogens with zero attached hydrogens (tertiary/aromatic N) is 1. The minimum absolute atomic E-state index is 0.103. The fourth-order valence-corrected chi connectivity index (χ4v) is 3.18. The molecule has 0 aliphatic rings. The molecule has 0 aliphatic heterocycles. The zero-order chi connectivity index (χ0) is 27.4. The van der Waals surface area contributed by atoms with E-state index in [4.69, 9.17) is 18.9 Å². The minimum Gasteiger partial charge on any atom is -0.460 e. The highest BCUT2D eigenvalue weighted by Gasteiger charge is 2.16. The van der Waals surface area contributed by atoms with Gasteiger partial charge in [0.05, 0.1) is 37.6 Å². The molecule has 2 aromatic carbocycles. The number of hydrogen-bond acceptors (Lipinski definition) is 7. The Hall–Kier alpha value is -4.01. The monoisotopic (exact) mass is 521 g/mol. The molecule has 38 heavy (non-hydrogen) atoms. The molecule has 0 radical (unpaired) electrons. The van der Waals surface area contributed by atoms with E-state index in [1.54, 1.807) is 65.6 Å².